The lowest BCUT2D eigenvalue weighted by atomic mass is 9.63. The third kappa shape index (κ3) is 5.21. The van der Waals surface area contributed by atoms with Gasteiger partial charge in [-0.3, -0.25) is 0 Å². The largest absolute Gasteiger partial charge is 0.478 e. The molecule has 0 spiro atoms. The highest BCUT2D eigenvalue weighted by Gasteiger charge is 2.38. The topological polar surface area (TPSA) is 72.8 Å². The molecular weight excluding hydrogens is 404 g/mol. The second kappa shape index (κ2) is 9.45. The van der Waals surface area contributed by atoms with Crippen molar-refractivity contribution in [2.75, 3.05) is 6.61 Å². The lowest BCUT2D eigenvalue weighted by Gasteiger charge is -2.42. The van der Waals surface area contributed by atoms with E-state index in [1.807, 2.05) is 6.07 Å². The van der Waals surface area contributed by atoms with Crippen LogP contribution in [0.1, 0.15) is 93.5 Å². The lowest BCUT2D eigenvalue weighted by Crippen LogP contribution is -2.34. The van der Waals surface area contributed by atoms with Gasteiger partial charge >= 0.3 is 11.9 Å². The Morgan fingerprint density at radius 2 is 1.59 bits per heavy atom. The van der Waals surface area contributed by atoms with Crippen molar-refractivity contribution in [1.29, 1.82) is 0 Å². The van der Waals surface area contributed by atoms with E-state index in [-0.39, 0.29) is 16.4 Å². The summed E-state index contributed by atoms with van der Waals surface area (Å²) in [4.78, 5) is 24.2. The molecule has 0 unspecified atom stereocenters. The van der Waals surface area contributed by atoms with Gasteiger partial charge in [0.1, 0.15) is 5.75 Å². The lowest BCUT2D eigenvalue weighted by molar-refractivity contribution is -0.148. The number of carbonyl (C=O) groups excluding carboxylic acids is 1. The van der Waals surface area contributed by atoms with Crippen molar-refractivity contribution < 1.29 is 24.2 Å². The van der Waals surface area contributed by atoms with E-state index in [0.717, 1.165) is 31.2 Å². The quantitative estimate of drug-likeness (QED) is 0.302. The number of ether oxygens (including phenoxy) is 2. The number of hydrogen-bond donors (Lipinski definition) is 1. The number of unbranched alkanes of at least 4 members (excludes halogenated alkanes) is 1. The molecule has 0 aromatic heterocycles. The van der Waals surface area contributed by atoms with E-state index < -0.39 is 18.0 Å². The van der Waals surface area contributed by atoms with E-state index in [1.54, 1.807) is 0 Å². The fourth-order valence-electron chi connectivity index (χ4n) is 4.25. The summed E-state index contributed by atoms with van der Waals surface area (Å²) in [6, 6.07) is 12.0. The zero-order chi connectivity index (χ0) is 23.5. The Bertz CT molecular complexity index is 972. The van der Waals surface area contributed by atoms with Gasteiger partial charge in [-0.15, -0.1) is 0 Å². The van der Waals surface area contributed by atoms with Crippen LogP contribution in [0.5, 0.6) is 5.75 Å². The van der Waals surface area contributed by atoms with E-state index in [9.17, 15) is 9.59 Å². The van der Waals surface area contributed by atoms with Crippen molar-refractivity contribution >= 4 is 11.9 Å². The van der Waals surface area contributed by atoms with Gasteiger partial charge in [0.15, 0.2) is 6.10 Å². The number of hydrogen-bond acceptors (Lipinski definition) is 4. The summed E-state index contributed by atoms with van der Waals surface area (Å²) in [5.74, 6) is -1.23. The fraction of sp³-hybridized carbons (Fsp3) is 0.481. The van der Waals surface area contributed by atoms with Gasteiger partial charge in [0.2, 0.25) is 0 Å². The molecule has 0 aliphatic heterocycles. The van der Waals surface area contributed by atoms with Crippen molar-refractivity contribution in [3.8, 4) is 5.75 Å². The van der Waals surface area contributed by atoms with Crippen molar-refractivity contribution in [1.82, 2.24) is 0 Å². The average molecular weight is 439 g/mol. The van der Waals surface area contributed by atoms with Crippen LogP contribution in [0.2, 0.25) is 0 Å². The fourth-order valence-corrected chi connectivity index (χ4v) is 4.25. The van der Waals surface area contributed by atoms with Crippen molar-refractivity contribution in [3.05, 3.63) is 64.7 Å². The molecule has 0 saturated carbocycles. The second-order valence-electron chi connectivity index (χ2n) is 9.93. The number of aromatic carboxylic acids is 1. The Kier molecular flexibility index (Phi) is 7.09. The number of benzene rings is 2. The van der Waals surface area contributed by atoms with Gasteiger partial charge in [0.05, 0.1) is 5.56 Å². The predicted octanol–water partition coefficient (Wildman–Crippen LogP) is 6.20. The first-order valence-electron chi connectivity index (χ1n) is 11.4. The monoisotopic (exact) mass is 438 g/mol. The first-order valence-corrected chi connectivity index (χ1v) is 11.4. The molecule has 1 aliphatic carbocycles. The molecule has 5 nitrogen and oxygen atoms in total. The summed E-state index contributed by atoms with van der Waals surface area (Å²) < 4.78 is 11.6. The maximum absolute atomic E-state index is 13.1. The molecule has 0 saturated heterocycles. The molecule has 172 valence electrons. The highest BCUT2D eigenvalue weighted by atomic mass is 16.6. The maximum atomic E-state index is 13.1. The molecule has 1 atom stereocenters. The van der Waals surface area contributed by atoms with Gasteiger partial charge < -0.3 is 14.6 Å². The normalized spacial score (nSPS) is 17.3. The first kappa shape index (κ1) is 24.0. The predicted molar refractivity (Wildman–Crippen MR) is 124 cm³/mol. The Labute approximate surface area is 190 Å². The van der Waals surface area contributed by atoms with Gasteiger partial charge in [0, 0.05) is 6.61 Å². The molecule has 3 rings (SSSR count). The van der Waals surface area contributed by atoms with Crippen LogP contribution in [0, 0.1) is 0 Å². The molecule has 0 radical (unpaired) electrons. The minimum atomic E-state index is -1.02. The summed E-state index contributed by atoms with van der Waals surface area (Å²) in [6.45, 7) is 11.6. The molecule has 1 aliphatic rings. The van der Waals surface area contributed by atoms with Crippen molar-refractivity contribution in [3.63, 3.8) is 0 Å². The van der Waals surface area contributed by atoms with Gasteiger partial charge in [-0.2, -0.15) is 0 Å². The summed E-state index contributed by atoms with van der Waals surface area (Å²) in [6.07, 6.45) is 3.17. The number of carboxylic acids is 1. The third-order valence-electron chi connectivity index (χ3n) is 6.50. The van der Waals surface area contributed by atoms with Crippen LogP contribution in [0.15, 0.2) is 42.5 Å². The van der Waals surface area contributed by atoms with Gasteiger partial charge in [-0.05, 0) is 71.0 Å². The van der Waals surface area contributed by atoms with Crippen LogP contribution in [0.25, 0.3) is 0 Å². The number of esters is 1. The molecule has 0 heterocycles. The molecule has 2 aromatic rings. The minimum absolute atomic E-state index is 0.0192. The molecule has 0 amide bonds. The summed E-state index contributed by atoms with van der Waals surface area (Å²) >= 11 is 0. The highest BCUT2D eigenvalue weighted by Crippen LogP contribution is 2.46. The molecular formula is C27H34O5. The van der Waals surface area contributed by atoms with E-state index in [1.165, 1.54) is 35.4 Å². The Morgan fingerprint density at radius 3 is 2.19 bits per heavy atom. The molecule has 0 fully saturated rings. The van der Waals surface area contributed by atoms with E-state index in [2.05, 4.69) is 46.8 Å². The number of carboxylic acid groups (broad SMARTS) is 1. The number of rotatable bonds is 8. The van der Waals surface area contributed by atoms with Gasteiger partial charge in [-0.25, -0.2) is 9.59 Å². The molecule has 1 N–H and O–H groups in total. The zero-order valence-electron chi connectivity index (χ0n) is 19.7. The van der Waals surface area contributed by atoms with Crippen molar-refractivity contribution in [2.24, 2.45) is 0 Å². The van der Waals surface area contributed by atoms with Crippen LogP contribution in [-0.2, 0) is 20.4 Å². The van der Waals surface area contributed by atoms with Crippen molar-refractivity contribution in [2.45, 2.75) is 77.2 Å². The summed E-state index contributed by atoms with van der Waals surface area (Å²) in [5.41, 5.74) is 3.62. The number of carbonyl (C=O) groups is 2. The summed E-state index contributed by atoms with van der Waals surface area (Å²) in [5, 5.41) is 9.06. The minimum Gasteiger partial charge on any atom is -0.478 e. The Balaban J connectivity index is 1.91. The third-order valence-corrected chi connectivity index (χ3v) is 6.50. The molecule has 0 bridgehead atoms. The SMILES string of the molecule is CCCCO[C@@H](C(=O)Oc1ccc(C(=O)O)cc1)c1ccc2c(c1)C(C)(C)CCC2(C)C. The molecule has 5 heteroatoms. The first-order chi connectivity index (χ1) is 15.0. The van der Waals surface area contributed by atoms with Crippen LogP contribution in [0.4, 0.5) is 0 Å². The van der Waals surface area contributed by atoms with E-state index in [4.69, 9.17) is 14.6 Å². The standard InChI is InChI=1S/C27H34O5/c1-6-7-16-31-23(25(30)32-20-11-8-18(9-12-20)24(28)29)19-10-13-21-22(17-19)27(4,5)15-14-26(21,2)3/h8-13,17,23H,6-7,14-16H2,1-5H3,(H,28,29)/t23-/m1/s1. The van der Waals surface area contributed by atoms with Crippen LogP contribution in [0.3, 0.4) is 0 Å². The zero-order valence-corrected chi connectivity index (χ0v) is 19.7. The Hall–Kier alpha value is -2.66. The maximum Gasteiger partial charge on any atom is 0.345 e. The Morgan fingerprint density at radius 1 is 0.969 bits per heavy atom. The molecule has 2 aromatic carbocycles. The average Bonchev–Trinajstić information content (AvgIpc) is 2.75. The smallest absolute Gasteiger partial charge is 0.345 e. The van der Waals surface area contributed by atoms with E-state index >= 15 is 0 Å². The summed E-state index contributed by atoms with van der Waals surface area (Å²) in [7, 11) is 0. The van der Waals surface area contributed by atoms with Gasteiger partial charge in [0.25, 0.3) is 0 Å². The van der Waals surface area contributed by atoms with E-state index in [0.29, 0.717) is 12.4 Å². The molecule has 32 heavy (non-hydrogen) atoms. The number of fused-ring (bicyclic) bond motifs is 1. The van der Waals surface area contributed by atoms with Crippen LogP contribution < -0.4 is 4.74 Å². The van der Waals surface area contributed by atoms with Crippen LogP contribution in [-0.4, -0.2) is 23.7 Å². The van der Waals surface area contributed by atoms with Crippen LogP contribution >= 0.6 is 0 Å². The second-order valence-corrected chi connectivity index (χ2v) is 9.93. The highest BCUT2D eigenvalue weighted by molar-refractivity contribution is 5.88. The van der Waals surface area contributed by atoms with Gasteiger partial charge in [-0.1, -0.05) is 59.2 Å².